The number of aryl methyl sites for hydroxylation is 1. The number of nitrogens with one attached hydrogen (secondary N) is 1. The van der Waals surface area contributed by atoms with E-state index in [0.29, 0.717) is 6.04 Å². The molecule has 0 saturated heterocycles. The molecule has 4 heteroatoms. The first-order chi connectivity index (χ1) is 7.30. The lowest BCUT2D eigenvalue weighted by Gasteiger charge is -2.15. The minimum Gasteiger partial charge on any atom is -0.383 e. The van der Waals surface area contributed by atoms with E-state index < -0.39 is 0 Å². The van der Waals surface area contributed by atoms with Crippen molar-refractivity contribution < 1.29 is 4.74 Å². The summed E-state index contributed by atoms with van der Waals surface area (Å²) >= 11 is 1.68. The first-order valence-corrected chi connectivity index (χ1v) is 6.38. The van der Waals surface area contributed by atoms with Gasteiger partial charge < -0.3 is 10.1 Å². The molecule has 0 aromatic carbocycles. The topological polar surface area (TPSA) is 34.1 Å². The van der Waals surface area contributed by atoms with Gasteiger partial charge in [0.05, 0.1) is 18.3 Å². The van der Waals surface area contributed by atoms with E-state index in [9.17, 15) is 0 Å². The fourth-order valence-corrected chi connectivity index (χ4v) is 2.33. The van der Waals surface area contributed by atoms with Crippen molar-refractivity contribution in [3.8, 4) is 0 Å². The van der Waals surface area contributed by atoms with Crippen molar-refractivity contribution in [3.63, 3.8) is 0 Å². The highest BCUT2D eigenvalue weighted by Crippen LogP contribution is 2.17. The van der Waals surface area contributed by atoms with E-state index in [0.717, 1.165) is 36.7 Å². The second kappa shape index (κ2) is 6.80. The Bertz CT molecular complexity index is 269. The third-order valence-corrected chi connectivity index (χ3v) is 3.07. The summed E-state index contributed by atoms with van der Waals surface area (Å²) in [7, 11) is 1.74. The maximum absolute atomic E-state index is 5.18. The third-order valence-electron chi connectivity index (χ3n) is 2.25. The quantitative estimate of drug-likeness (QED) is 0.779. The lowest BCUT2D eigenvalue weighted by atomic mass is 10.2. The molecule has 15 heavy (non-hydrogen) atoms. The van der Waals surface area contributed by atoms with Crippen molar-refractivity contribution >= 4 is 16.5 Å². The highest BCUT2D eigenvalue weighted by atomic mass is 32.1. The number of rotatable bonds is 7. The van der Waals surface area contributed by atoms with Gasteiger partial charge in [0.2, 0.25) is 0 Å². The van der Waals surface area contributed by atoms with E-state index in [1.54, 1.807) is 18.4 Å². The van der Waals surface area contributed by atoms with Gasteiger partial charge >= 0.3 is 0 Å². The zero-order valence-electron chi connectivity index (χ0n) is 9.75. The predicted octanol–water partition coefficient (Wildman–Crippen LogP) is 2.93. The Balaban J connectivity index is 2.48. The fourth-order valence-electron chi connectivity index (χ4n) is 1.46. The van der Waals surface area contributed by atoms with Crippen molar-refractivity contribution in [2.24, 2.45) is 0 Å². The smallest absolute Gasteiger partial charge is 0.183 e. The van der Waals surface area contributed by atoms with Gasteiger partial charge in [-0.2, -0.15) is 0 Å². The standard InChI is InChI=1S/C11H20N2OS/c1-4-6-10(7-14-3)13-11-12-9(5-2)8-15-11/h8,10H,4-7H2,1-3H3,(H,12,13). The predicted molar refractivity (Wildman–Crippen MR) is 65.7 cm³/mol. The van der Waals surface area contributed by atoms with Crippen LogP contribution in [0.15, 0.2) is 5.38 Å². The highest BCUT2D eigenvalue weighted by Gasteiger charge is 2.09. The number of methoxy groups -OCH3 is 1. The van der Waals surface area contributed by atoms with Crippen molar-refractivity contribution in [1.29, 1.82) is 0 Å². The molecule has 0 fully saturated rings. The molecular weight excluding hydrogens is 208 g/mol. The van der Waals surface area contributed by atoms with Crippen molar-refractivity contribution in [2.45, 2.75) is 39.2 Å². The Hall–Kier alpha value is -0.610. The summed E-state index contributed by atoms with van der Waals surface area (Å²) in [6, 6.07) is 0.385. The van der Waals surface area contributed by atoms with Gasteiger partial charge in [0.15, 0.2) is 5.13 Å². The number of anilines is 1. The van der Waals surface area contributed by atoms with Crippen molar-refractivity contribution in [3.05, 3.63) is 11.1 Å². The van der Waals surface area contributed by atoms with Crippen LogP contribution in [0.5, 0.6) is 0 Å². The highest BCUT2D eigenvalue weighted by molar-refractivity contribution is 7.13. The van der Waals surface area contributed by atoms with Gasteiger partial charge in [0, 0.05) is 12.5 Å². The molecule has 0 aliphatic carbocycles. The Morgan fingerprint density at radius 3 is 2.87 bits per heavy atom. The molecule has 86 valence electrons. The van der Waals surface area contributed by atoms with Gasteiger partial charge in [-0.15, -0.1) is 11.3 Å². The first-order valence-electron chi connectivity index (χ1n) is 5.50. The Morgan fingerprint density at radius 2 is 2.33 bits per heavy atom. The first kappa shape index (κ1) is 12.5. The van der Waals surface area contributed by atoms with Crippen LogP contribution in [-0.2, 0) is 11.2 Å². The third kappa shape index (κ3) is 4.18. The number of aromatic nitrogens is 1. The summed E-state index contributed by atoms with van der Waals surface area (Å²) in [6.07, 6.45) is 3.28. The van der Waals surface area contributed by atoms with E-state index in [2.05, 4.69) is 29.5 Å². The van der Waals surface area contributed by atoms with Gasteiger partial charge in [0.25, 0.3) is 0 Å². The SMILES string of the molecule is CCCC(COC)Nc1nc(CC)cs1. The average Bonchev–Trinajstić information content (AvgIpc) is 2.66. The minimum atomic E-state index is 0.385. The normalized spacial score (nSPS) is 12.7. The molecule has 0 aliphatic heterocycles. The van der Waals surface area contributed by atoms with Crippen molar-refractivity contribution in [1.82, 2.24) is 4.98 Å². The number of hydrogen-bond donors (Lipinski definition) is 1. The summed E-state index contributed by atoms with van der Waals surface area (Å²) in [5.41, 5.74) is 1.16. The van der Waals surface area contributed by atoms with E-state index in [-0.39, 0.29) is 0 Å². The molecular formula is C11H20N2OS. The number of hydrogen-bond acceptors (Lipinski definition) is 4. The Morgan fingerprint density at radius 1 is 1.53 bits per heavy atom. The van der Waals surface area contributed by atoms with Gasteiger partial charge in [-0.05, 0) is 12.8 Å². The van der Waals surface area contributed by atoms with Crippen LogP contribution in [-0.4, -0.2) is 24.7 Å². The van der Waals surface area contributed by atoms with E-state index >= 15 is 0 Å². The van der Waals surface area contributed by atoms with Crippen LogP contribution in [0, 0.1) is 0 Å². The molecule has 1 unspecified atom stereocenters. The van der Waals surface area contributed by atoms with Gasteiger partial charge in [0.1, 0.15) is 0 Å². The summed E-state index contributed by atoms with van der Waals surface area (Å²) in [5, 5.41) is 6.54. The summed E-state index contributed by atoms with van der Waals surface area (Å²) in [4.78, 5) is 4.48. The summed E-state index contributed by atoms with van der Waals surface area (Å²) in [6.45, 7) is 5.05. The molecule has 3 nitrogen and oxygen atoms in total. The number of nitrogens with zero attached hydrogens (tertiary/aromatic N) is 1. The van der Waals surface area contributed by atoms with Crippen LogP contribution >= 0.6 is 11.3 Å². The number of thiazole rings is 1. The van der Waals surface area contributed by atoms with Crippen LogP contribution in [0.4, 0.5) is 5.13 Å². The maximum atomic E-state index is 5.18. The molecule has 1 rings (SSSR count). The van der Waals surface area contributed by atoms with Crippen LogP contribution in [0.2, 0.25) is 0 Å². The molecule has 0 spiro atoms. The fraction of sp³-hybridized carbons (Fsp3) is 0.727. The monoisotopic (exact) mass is 228 g/mol. The zero-order valence-corrected chi connectivity index (χ0v) is 10.6. The largest absolute Gasteiger partial charge is 0.383 e. The Kier molecular flexibility index (Phi) is 5.65. The summed E-state index contributed by atoms with van der Waals surface area (Å²) < 4.78 is 5.18. The van der Waals surface area contributed by atoms with Crippen LogP contribution in [0.25, 0.3) is 0 Å². The van der Waals surface area contributed by atoms with Gasteiger partial charge in [-0.1, -0.05) is 20.3 Å². The van der Waals surface area contributed by atoms with E-state index in [1.807, 2.05) is 0 Å². The molecule has 1 atom stereocenters. The van der Waals surface area contributed by atoms with E-state index in [4.69, 9.17) is 4.74 Å². The average molecular weight is 228 g/mol. The number of ether oxygens (including phenoxy) is 1. The van der Waals surface area contributed by atoms with Crippen LogP contribution in [0.3, 0.4) is 0 Å². The molecule has 1 N–H and O–H groups in total. The zero-order chi connectivity index (χ0) is 11.1. The molecule has 0 saturated carbocycles. The van der Waals surface area contributed by atoms with Gasteiger partial charge in [-0.25, -0.2) is 4.98 Å². The molecule has 0 radical (unpaired) electrons. The second-order valence-electron chi connectivity index (χ2n) is 3.58. The molecule has 0 amide bonds. The van der Waals surface area contributed by atoms with Crippen molar-refractivity contribution in [2.75, 3.05) is 19.0 Å². The molecule has 1 aromatic heterocycles. The van der Waals surface area contributed by atoms with Crippen LogP contribution < -0.4 is 5.32 Å². The summed E-state index contributed by atoms with van der Waals surface area (Å²) in [5.74, 6) is 0. The lowest BCUT2D eigenvalue weighted by Crippen LogP contribution is -2.24. The van der Waals surface area contributed by atoms with Crippen LogP contribution in [0.1, 0.15) is 32.4 Å². The second-order valence-corrected chi connectivity index (χ2v) is 4.44. The van der Waals surface area contributed by atoms with Gasteiger partial charge in [-0.3, -0.25) is 0 Å². The Labute approximate surface area is 95.9 Å². The molecule has 0 bridgehead atoms. The van der Waals surface area contributed by atoms with E-state index in [1.165, 1.54) is 0 Å². The lowest BCUT2D eigenvalue weighted by molar-refractivity contribution is 0.182. The minimum absolute atomic E-state index is 0.385. The molecule has 1 heterocycles. The maximum Gasteiger partial charge on any atom is 0.183 e. The molecule has 1 aromatic rings. The molecule has 0 aliphatic rings.